The summed E-state index contributed by atoms with van der Waals surface area (Å²) >= 11 is 0. The minimum Gasteiger partial charge on any atom is -0.481 e. The lowest BCUT2D eigenvalue weighted by molar-refractivity contribution is -0.107. The van der Waals surface area contributed by atoms with Gasteiger partial charge in [-0.05, 0) is 12.5 Å². The van der Waals surface area contributed by atoms with Gasteiger partial charge in [0, 0.05) is 19.0 Å². The Hall–Kier alpha value is -2.24. The number of rotatable bonds is 5. The van der Waals surface area contributed by atoms with Crippen LogP contribution in [0.4, 0.5) is 0 Å². The zero-order chi connectivity index (χ0) is 13.0. The summed E-state index contributed by atoms with van der Waals surface area (Å²) in [5.74, 6) is 0.430. The molecular formula is C12H13N3O3. The van der Waals surface area contributed by atoms with Crippen molar-refractivity contribution in [3.05, 3.63) is 28.7 Å². The molecule has 0 saturated heterocycles. The standard InChI is InChI=1S/C12H13N3O3/c1-18-10-5-4-9-12(14-10)15(6-2-3-7-16)11(17)8-13-9/h4-5,7-8H,2-3,6H2,1H3. The van der Waals surface area contributed by atoms with E-state index in [0.29, 0.717) is 36.4 Å². The van der Waals surface area contributed by atoms with Gasteiger partial charge in [0.2, 0.25) is 5.88 Å². The molecule has 0 unspecified atom stereocenters. The maximum Gasteiger partial charge on any atom is 0.270 e. The van der Waals surface area contributed by atoms with Gasteiger partial charge in [-0.25, -0.2) is 4.98 Å². The fourth-order valence-corrected chi connectivity index (χ4v) is 1.68. The molecule has 0 aromatic carbocycles. The van der Waals surface area contributed by atoms with Gasteiger partial charge in [0.25, 0.3) is 5.56 Å². The molecule has 2 heterocycles. The van der Waals surface area contributed by atoms with Crippen LogP contribution in [0.2, 0.25) is 0 Å². The molecule has 0 radical (unpaired) electrons. The highest BCUT2D eigenvalue weighted by Crippen LogP contribution is 2.13. The zero-order valence-electron chi connectivity index (χ0n) is 10.00. The van der Waals surface area contributed by atoms with Gasteiger partial charge in [0.1, 0.15) is 11.8 Å². The van der Waals surface area contributed by atoms with Gasteiger partial charge in [0.05, 0.1) is 13.3 Å². The van der Waals surface area contributed by atoms with Gasteiger partial charge in [-0.1, -0.05) is 0 Å². The normalized spacial score (nSPS) is 10.5. The number of fused-ring (bicyclic) bond motifs is 1. The Kier molecular flexibility index (Phi) is 3.66. The number of hydrogen-bond donors (Lipinski definition) is 0. The lowest BCUT2D eigenvalue weighted by atomic mass is 10.3. The van der Waals surface area contributed by atoms with Crippen molar-refractivity contribution in [3.63, 3.8) is 0 Å². The van der Waals surface area contributed by atoms with Crippen LogP contribution >= 0.6 is 0 Å². The lowest BCUT2D eigenvalue weighted by Gasteiger charge is -2.08. The second-order valence-corrected chi connectivity index (χ2v) is 3.75. The number of carbonyl (C=O) groups excluding carboxylic acids is 1. The minimum absolute atomic E-state index is 0.228. The largest absolute Gasteiger partial charge is 0.481 e. The zero-order valence-corrected chi connectivity index (χ0v) is 10.00. The second kappa shape index (κ2) is 5.39. The fourth-order valence-electron chi connectivity index (χ4n) is 1.68. The highest BCUT2D eigenvalue weighted by Gasteiger charge is 2.06. The average molecular weight is 247 g/mol. The summed E-state index contributed by atoms with van der Waals surface area (Å²) < 4.78 is 6.54. The van der Waals surface area contributed by atoms with Crippen LogP contribution in [0.1, 0.15) is 12.8 Å². The van der Waals surface area contributed by atoms with Crippen molar-refractivity contribution in [3.8, 4) is 5.88 Å². The summed E-state index contributed by atoms with van der Waals surface area (Å²) in [4.78, 5) is 30.3. The molecular weight excluding hydrogens is 234 g/mol. The van der Waals surface area contributed by atoms with Crippen molar-refractivity contribution in [1.82, 2.24) is 14.5 Å². The number of ether oxygens (including phenoxy) is 1. The van der Waals surface area contributed by atoms with Crippen molar-refractivity contribution in [2.75, 3.05) is 7.11 Å². The third-order valence-electron chi connectivity index (χ3n) is 2.58. The average Bonchev–Trinajstić information content (AvgIpc) is 2.41. The number of aldehydes is 1. The first-order valence-electron chi connectivity index (χ1n) is 5.60. The van der Waals surface area contributed by atoms with E-state index in [9.17, 15) is 9.59 Å². The number of hydrogen-bond acceptors (Lipinski definition) is 5. The molecule has 0 fully saturated rings. The highest BCUT2D eigenvalue weighted by atomic mass is 16.5. The van der Waals surface area contributed by atoms with Crippen LogP contribution in [0.5, 0.6) is 5.88 Å². The van der Waals surface area contributed by atoms with Crippen LogP contribution < -0.4 is 10.3 Å². The Balaban J connectivity index is 2.49. The first-order chi connectivity index (χ1) is 8.76. The molecule has 0 aliphatic carbocycles. The third-order valence-corrected chi connectivity index (χ3v) is 2.58. The molecule has 0 bridgehead atoms. The van der Waals surface area contributed by atoms with Crippen LogP contribution in [0, 0.1) is 0 Å². The molecule has 6 nitrogen and oxygen atoms in total. The van der Waals surface area contributed by atoms with E-state index in [4.69, 9.17) is 4.74 Å². The van der Waals surface area contributed by atoms with Gasteiger partial charge >= 0.3 is 0 Å². The number of pyridine rings is 1. The van der Waals surface area contributed by atoms with E-state index in [0.717, 1.165) is 6.29 Å². The quantitative estimate of drug-likeness (QED) is 0.576. The maximum atomic E-state index is 11.8. The summed E-state index contributed by atoms with van der Waals surface area (Å²) in [5, 5.41) is 0. The molecule has 2 aromatic rings. The summed E-state index contributed by atoms with van der Waals surface area (Å²) in [7, 11) is 1.51. The molecule has 0 amide bonds. The van der Waals surface area contributed by atoms with Crippen LogP contribution in [0.15, 0.2) is 23.1 Å². The molecule has 0 aliphatic heterocycles. The van der Waals surface area contributed by atoms with E-state index in [2.05, 4.69) is 9.97 Å². The van der Waals surface area contributed by atoms with Gasteiger partial charge < -0.3 is 9.53 Å². The van der Waals surface area contributed by atoms with E-state index in [1.54, 1.807) is 12.1 Å². The number of aryl methyl sites for hydroxylation is 1. The predicted octanol–water partition coefficient (Wildman–Crippen LogP) is 0.779. The molecule has 94 valence electrons. The Morgan fingerprint density at radius 3 is 3.00 bits per heavy atom. The van der Waals surface area contributed by atoms with Crippen molar-refractivity contribution in [2.24, 2.45) is 0 Å². The van der Waals surface area contributed by atoms with Crippen LogP contribution in [0.3, 0.4) is 0 Å². The molecule has 2 aromatic heterocycles. The molecule has 0 spiro atoms. The van der Waals surface area contributed by atoms with E-state index < -0.39 is 0 Å². The number of carbonyl (C=O) groups is 1. The monoisotopic (exact) mass is 247 g/mol. The van der Waals surface area contributed by atoms with Crippen molar-refractivity contribution in [2.45, 2.75) is 19.4 Å². The van der Waals surface area contributed by atoms with Crippen LogP contribution in [-0.4, -0.2) is 27.9 Å². The van der Waals surface area contributed by atoms with Gasteiger partial charge in [-0.2, -0.15) is 4.98 Å². The Labute approximate surface area is 103 Å². The molecule has 18 heavy (non-hydrogen) atoms. The maximum absolute atomic E-state index is 11.8. The van der Waals surface area contributed by atoms with Gasteiger partial charge in [-0.3, -0.25) is 9.36 Å². The second-order valence-electron chi connectivity index (χ2n) is 3.75. The van der Waals surface area contributed by atoms with Gasteiger partial charge in [-0.15, -0.1) is 0 Å². The van der Waals surface area contributed by atoms with E-state index in [1.807, 2.05) is 0 Å². The summed E-state index contributed by atoms with van der Waals surface area (Å²) in [6.07, 6.45) is 3.11. The highest BCUT2D eigenvalue weighted by molar-refractivity contribution is 5.70. The van der Waals surface area contributed by atoms with Crippen molar-refractivity contribution >= 4 is 17.5 Å². The van der Waals surface area contributed by atoms with E-state index >= 15 is 0 Å². The SMILES string of the molecule is COc1ccc2ncc(=O)n(CCCC=O)c2n1. The third kappa shape index (κ3) is 2.37. The van der Waals surface area contributed by atoms with Crippen LogP contribution in [-0.2, 0) is 11.3 Å². The summed E-state index contributed by atoms with van der Waals surface area (Å²) in [5.41, 5.74) is 0.878. The van der Waals surface area contributed by atoms with Gasteiger partial charge in [0.15, 0.2) is 5.65 Å². The van der Waals surface area contributed by atoms with Crippen molar-refractivity contribution in [1.29, 1.82) is 0 Å². The molecule has 0 N–H and O–H groups in total. The molecule has 2 rings (SSSR count). The molecule has 0 atom stereocenters. The number of aromatic nitrogens is 3. The predicted molar refractivity (Wildman–Crippen MR) is 65.6 cm³/mol. The number of unbranched alkanes of at least 4 members (excludes halogenated alkanes) is 1. The first kappa shape index (κ1) is 12.2. The first-order valence-corrected chi connectivity index (χ1v) is 5.60. The molecule has 0 saturated carbocycles. The summed E-state index contributed by atoms with van der Waals surface area (Å²) in [6.45, 7) is 0.441. The van der Waals surface area contributed by atoms with Crippen molar-refractivity contribution < 1.29 is 9.53 Å². The number of nitrogens with zero attached hydrogens (tertiary/aromatic N) is 3. The van der Waals surface area contributed by atoms with Crippen LogP contribution in [0.25, 0.3) is 11.2 Å². The smallest absolute Gasteiger partial charge is 0.270 e. The molecule has 0 aliphatic rings. The topological polar surface area (TPSA) is 74.1 Å². The minimum atomic E-state index is -0.228. The van der Waals surface area contributed by atoms with E-state index in [1.165, 1.54) is 17.9 Å². The summed E-state index contributed by atoms with van der Waals surface area (Å²) in [6, 6.07) is 3.44. The Morgan fingerprint density at radius 1 is 1.44 bits per heavy atom. The van der Waals surface area contributed by atoms with E-state index in [-0.39, 0.29) is 5.56 Å². The Bertz CT molecular complexity index is 621. The molecule has 6 heteroatoms. The Morgan fingerprint density at radius 2 is 2.28 bits per heavy atom. The fraction of sp³-hybridized carbons (Fsp3) is 0.333. The lowest BCUT2D eigenvalue weighted by Crippen LogP contribution is -2.21. The number of methoxy groups -OCH3 is 1.